The van der Waals surface area contributed by atoms with E-state index in [-0.39, 0.29) is 24.2 Å². The van der Waals surface area contributed by atoms with Crippen molar-refractivity contribution in [3.63, 3.8) is 0 Å². The first-order chi connectivity index (χ1) is 7.49. The van der Waals surface area contributed by atoms with Gasteiger partial charge in [0, 0.05) is 19.6 Å². The number of carbonyl (C=O) groups is 1. The van der Waals surface area contributed by atoms with Crippen molar-refractivity contribution in [3.05, 3.63) is 35.6 Å². The normalized spacial score (nSPS) is 12.2. The van der Waals surface area contributed by atoms with Gasteiger partial charge in [-0.3, -0.25) is 4.79 Å². The van der Waals surface area contributed by atoms with Crippen LogP contribution in [0.5, 0.6) is 0 Å². The minimum absolute atomic E-state index is 0.0103. The maximum Gasteiger partial charge on any atom is 0.226 e. The molecule has 88 valence electrons. The van der Waals surface area contributed by atoms with Crippen LogP contribution in [0.15, 0.2) is 24.3 Å². The summed E-state index contributed by atoms with van der Waals surface area (Å²) in [6.45, 7) is 2.38. The molecule has 4 heteroatoms. The summed E-state index contributed by atoms with van der Waals surface area (Å²) in [5.74, 6) is -0.302. The van der Waals surface area contributed by atoms with E-state index in [9.17, 15) is 9.18 Å². The molecule has 0 aliphatic heterocycles. The molecule has 0 bridgehead atoms. The lowest BCUT2D eigenvalue weighted by molar-refractivity contribution is -0.129. The number of nitrogens with zero attached hydrogens (tertiary/aromatic N) is 1. The molecule has 0 saturated heterocycles. The average molecular weight is 224 g/mol. The molecule has 1 aromatic carbocycles. The Hall–Kier alpha value is -1.42. The zero-order chi connectivity index (χ0) is 12.1. The van der Waals surface area contributed by atoms with Crippen molar-refractivity contribution in [2.24, 2.45) is 5.73 Å². The summed E-state index contributed by atoms with van der Waals surface area (Å²) in [5, 5.41) is 0. The lowest BCUT2D eigenvalue weighted by atomic mass is 10.1. The highest BCUT2D eigenvalue weighted by molar-refractivity contribution is 5.78. The second-order valence-corrected chi connectivity index (χ2v) is 4.05. The Balaban J connectivity index is 2.54. The minimum atomic E-state index is -0.292. The first-order valence-corrected chi connectivity index (χ1v) is 5.23. The van der Waals surface area contributed by atoms with Crippen LogP contribution in [-0.2, 0) is 11.2 Å². The molecule has 3 nitrogen and oxygen atoms in total. The molecule has 0 fully saturated rings. The predicted molar refractivity (Wildman–Crippen MR) is 61.4 cm³/mol. The molecular formula is C12H17FN2O. The molecule has 0 heterocycles. The van der Waals surface area contributed by atoms with Crippen molar-refractivity contribution >= 4 is 5.91 Å². The average Bonchev–Trinajstić information content (AvgIpc) is 2.20. The van der Waals surface area contributed by atoms with Crippen molar-refractivity contribution < 1.29 is 9.18 Å². The largest absolute Gasteiger partial charge is 0.344 e. The van der Waals surface area contributed by atoms with Crippen molar-refractivity contribution in [2.45, 2.75) is 19.4 Å². The minimum Gasteiger partial charge on any atom is -0.344 e. The van der Waals surface area contributed by atoms with Crippen LogP contribution in [0.4, 0.5) is 4.39 Å². The van der Waals surface area contributed by atoms with Crippen molar-refractivity contribution in [1.82, 2.24) is 4.90 Å². The number of hydrogen-bond acceptors (Lipinski definition) is 2. The predicted octanol–water partition coefficient (Wildman–Crippen LogP) is 1.17. The van der Waals surface area contributed by atoms with Crippen molar-refractivity contribution in [2.75, 3.05) is 13.6 Å². The standard InChI is InChI=1S/C12H17FN2O/c1-9(14)8-15(2)12(16)7-10-3-5-11(13)6-4-10/h3-6,9H,7-8,14H2,1-2H3. The molecule has 1 rings (SSSR count). The molecule has 1 aromatic rings. The Morgan fingerprint density at radius 2 is 2.00 bits per heavy atom. The van der Waals surface area contributed by atoms with E-state index >= 15 is 0 Å². The number of hydrogen-bond donors (Lipinski definition) is 1. The summed E-state index contributed by atoms with van der Waals surface area (Å²) in [6, 6.07) is 5.91. The molecule has 1 atom stereocenters. The first kappa shape index (κ1) is 12.6. The van der Waals surface area contributed by atoms with Crippen molar-refractivity contribution in [3.8, 4) is 0 Å². The van der Waals surface area contributed by atoms with Gasteiger partial charge in [0.05, 0.1) is 6.42 Å². The SMILES string of the molecule is CC(N)CN(C)C(=O)Cc1ccc(F)cc1. The molecular weight excluding hydrogens is 207 g/mol. The van der Waals surface area contributed by atoms with E-state index in [4.69, 9.17) is 5.73 Å². The van der Waals surface area contributed by atoms with Gasteiger partial charge in [-0.1, -0.05) is 12.1 Å². The number of nitrogens with two attached hydrogens (primary N) is 1. The molecule has 2 N–H and O–H groups in total. The van der Waals surface area contributed by atoms with Gasteiger partial charge in [0.15, 0.2) is 0 Å². The number of likely N-dealkylation sites (N-methyl/N-ethyl adjacent to an activating group) is 1. The van der Waals surface area contributed by atoms with Crippen LogP contribution in [0.3, 0.4) is 0 Å². The lowest BCUT2D eigenvalue weighted by Crippen LogP contribution is -2.37. The summed E-state index contributed by atoms with van der Waals surface area (Å²) in [4.78, 5) is 13.3. The summed E-state index contributed by atoms with van der Waals surface area (Å²) < 4.78 is 12.6. The number of benzene rings is 1. The molecule has 0 saturated carbocycles. The van der Waals surface area contributed by atoms with Crippen molar-refractivity contribution in [1.29, 1.82) is 0 Å². The summed E-state index contributed by atoms with van der Waals surface area (Å²) in [6.07, 6.45) is 0.281. The fourth-order valence-corrected chi connectivity index (χ4v) is 1.45. The summed E-state index contributed by atoms with van der Waals surface area (Å²) in [5.41, 5.74) is 6.41. The van der Waals surface area contributed by atoms with Gasteiger partial charge in [0.25, 0.3) is 0 Å². The molecule has 0 aliphatic rings. The van der Waals surface area contributed by atoms with Crippen LogP contribution in [-0.4, -0.2) is 30.4 Å². The highest BCUT2D eigenvalue weighted by Gasteiger charge is 2.10. The second-order valence-electron chi connectivity index (χ2n) is 4.05. The van der Waals surface area contributed by atoms with Crippen LogP contribution in [0.1, 0.15) is 12.5 Å². The van der Waals surface area contributed by atoms with Crippen LogP contribution in [0.2, 0.25) is 0 Å². The first-order valence-electron chi connectivity index (χ1n) is 5.23. The van der Waals surface area contributed by atoms with E-state index in [0.29, 0.717) is 6.54 Å². The third-order valence-corrected chi connectivity index (χ3v) is 2.26. The molecule has 1 unspecified atom stereocenters. The Morgan fingerprint density at radius 1 is 1.44 bits per heavy atom. The fourth-order valence-electron chi connectivity index (χ4n) is 1.45. The van der Waals surface area contributed by atoms with E-state index in [2.05, 4.69) is 0 Å². The lowest BCUT2D eigenvalue weighted by Gasteiger charge is -2.19. The van der Waals surface area contributed by atoms with E-state index in [1.54, 1.807) is 24.1 Å². The number of carbonyl (C=O) groups excluding carboxylic acids is 1. The number of rotatable bonds is 4. The van der Waals surface area contributed by atoms with Gasteiger partial charge in [0.1, 0.15) is 5.82 Å². The van der Waals surface area contributed by atoms with E-state index in [1.165, 1.54) is 12.1 Å². The molecule has 0 spiro atoms. The molecule has 1 amide bonds. The van der Waals surface area contributed by atoms with E-state index < -0.39 is 0 Å². The van der Waals surface area contributed by atoms with Gasteiger partial charge in [-0.2, -0.15) is 0 Å². The van der Waals surface area contributed by atoms with Gasteiger partial charge in [-0.25, -0.2) is 4.39 Å². The highest BCUT2D eigenvalue weighted by Crippen LogP contribution is 2.05. The van der Waals surface area contributed by atoms with Gasteiger partial charge in [-0.15, -0.1) is 0 Å². The summed E-state index contributed by atoms with van der Waals surface area (Å²) in [7, 11) is 1.72. The third kappa shape index (κ3) is 3.98. The third-order valence-electron chi connectivity index (χ3n) is 2.26. The molecule has 0 radical (unpaired) electrons. The van der Waals surface area contributed by atoms with Gasteiger partial charge < -0.3 is 10.6 Å². The van der Waals surface area contributed by atoms with Crippen LogP contribution in [0.25, 0.3) is 0 Å². The fraction of sp³-hybridized carbons (Fsp3) is 0.417. The highest BCUT2D eigenvalue weighted by atomic mass is 19.1. The van der Waals surface area contributed by atoms with Gasteiger partial charge in [-0.05, 0) is 24.6 Å². The van der Waals surface area contributed by atoms with Crippen LogP contribution >= 0.6 is 0 Å². The number of amides is 1. The zero-order valence-corrected chi connectivity index (χ0v) is 9.61. The molecule has 0 aromatic heterocycles. The molecule has 16 heavy (non-hydrogen) atoms. The Bertz CT molecular complexity index is 349. The van der Waals surface area contributed by atoms with E-state index in [1.807, 2.05) is 6.92 Å². The zero-order valence-electron chi connectivity index (χ0n) is 9.61. The Labute approximate surface area is 95.0 Å². The maximum absolute atomic E-state index is 12.6. The van der Waals surface area contributed by atoms with Gasteiger partial charge in [0.2, 0.25) is 5.91 Å². The van der Waals surface area contributed by atoms with E-state index in [0.717, 1.165) is 5.56 Å². The Kier molecular flexibility index (Phi) is 4.43. The number of halogens is 1. The van der Waals surface area contributed by atoms with Crippen LogP contribution in [0, 0.1) is 5.82 Å². The van der Waals surface area contributed by atoms with Gasteiger partial charge >= 0.3 is 0 Å². The maximum atomic E-state index is 12.6. The Morgan fingerprint density at radius 3 is 2.50 bits per heavy atom. The monoisotopic (exact) mass is 224 g/mol. The molecule has 0 aliphatic carbocycles. The quantitative estimate of drug-likeness (QED) is 0.834. The smallest absolute Gasteiger partial charge is 0.226 e. The van der Waals surface area contributed by atoms with Crippen LogP contribution < -0.4 is 5.73 Å². The second kappa shape index (κ2) is 5.61. The summed E-state index contributed by atoms with van der Waals surface area (Å²) >= 11 is 0. The topological polar surface area (TPSA) is 46.3 Å².